The zero-order valence-corrected chi connectivity index (χ0v) is 13.3. The van der Waals surface area contributed by atoms with Crippen molar-refractivity contribution < 1.29 is 4.39 Å². The van der Waals surface area contributed by atoms with Crippen LogP contribution in [0.3, 0.4) is 0 Å². The summed E-state index contributed by atoms with van der Waals surface area (Å²) in [6, 6.07) is 2.30. The van der Waals surface area contributed by atoms with E-state index in [0.717, 1.165) is 18.0 Å². The van der Waals surface area contributed by atoms with Gasteiger partial charge in [-0.2, -0.15) is 0 Å². The quantitative estimate of drug-likeness (QED) is 0.869. The Labute approximate surface area is 126 Å². The van der Waals surface area contributed by atoms with Gasteiger partial charge in [-0.25, -0.2) is 9.37 Å². The van der Waals surface area contributed by atoms with Gasteiger partial charge in [0.05, 0.1) is 0 Å². The molecule has 21 heavy (non-hydrogen) atoms. The SMILES string of the molecule is CC(C)(C)NCc1ccnc(N(CC2CC2)C2CC2)c1F. The van der Waals surface area contributed by atoms with Crippen LogP contribution in [0.15, 0.2) is 12.3 Å². The zero-order valence-electron chi connectivity index (χ0n) is 13.3. The number of halogens is 1. The van der Waals surface area contributed by atoms with Gasteiger partial charge < -0.3 is 10.2 Å². The number of nitrogens with one attached hydrogen (secondary N) is 1. The summed E-state index contributed by atoms with van der Waals surface area (Å²) in [5, 5.41) is 3.36. The van der Waals surface area contributed by atoms with Gasteiger partial charge in [-0.3, -0.25) is 0 Å². The summed E-state index contributed by atoms with van der Waals surface area (Å²) >= 11 is 0. The highest BCUT2D eigenvalue weighted by atomic mass is 19.1. The largest absolute Gasteiger partial charge is 0.351 e. The van der Waals surface area contributed by atoms with Crippen LogP contribution in [0.2, 0.25) is 0 Å². The fourth-order valence-electron chi connectivity index (χ4n) is 2.54. The first-order valence-corrected chi connectivity index (χ1v) is 8.09. The van der Waals surface area contributed by atoms with Gasteiger partial charge in [-0.05, 0) is 58.4 Å². The highest BCUT2D eigenvalue weighted by Crippen LogP contribution is 2.38. The molecule has 3 rings (SSSR count). The predicted molar refractivity (Wildman–Crippen MR) is 83.9 cm³/mol. The molecule has 2 aliphatic rings. The Bertz CT molecular complexity index is 501. The lowest BCUT2D eigenvalue weighted by atomic mass is 10.1. The Morgan fingerprint density at radius 3 is 2.57 bits per heavy atom. The van der Waals surface area contributed by atoms with Crippen LogP contribution in [-0.2, 0) is 6.54 Å². The van der Waals surface area contributed by atoms with E-state index in [0.29, 0.717) is 18.4 Å². The average Bonchev–Trinajstić information content (AvgIpc) is 3.26. The minimum absolute atomic E-state index is 0.0138. The molecular formula is C17H26FN3. The summed E-state index contributed by atoms with van der Waals surface area (Å²) in [6.45, 7) is 7.81. The first-order valence-electron chi connectivity index (χ1n) is 8.09. The second-order valence-corrected chi connectivity index (χ2v) is 7.54. The summed E-state index contributed by atoms with van der Waals surface area (Å²) in [7, 11) is 0. The molecule has 1 aromatic rings. The third kappa shape index (κ3) is 3.94. The van der Waals surface area contributed by atoms with Crippen molar-refractivity contribution in [3.05, 3.63) is 23.6 Å². The molecule has 1 N–H and O–H groups in total. The maximum absolute atomic E-state index is 14.8. The van der Waals surface area contributed by atoms with Crippen LogP contribution in [0.1, 0.15) is 52.0 Å². The van der Waals surface area contributed by atoms with Crippen molar-refractivity contribution in [2.75, 3.05) is 11.4 Å². The van der Waals surface area contributed by atoms with Crippen molar-refractivity contribution in [3.8, 4) is 0 Å². The fourth-order valence-corrected chi connectivity index (χ4v) is 2.54. The third-order valence-electron chi connectivity index (χ3n) is 4.17. The second kappa shape index (κ2) is 5.56. The van der Waals surface area contributed by atoms with Crippen LogP contribution in [-0.4, -0.2) is 23.1 Å². The average molecular weight is 291 g/mol. The summed E-state index contributed by atoms with van der Waals surface area (Å²) in [5.74, 6) is 1.18. The molecule has 2 saturated carbocycles. The van der Waals surface area contributed by atoms with E-state index in [1.165, 1.54) is 25.7 Å². The Hall–Kier alpha value is -1.16. The molecule has 0 bridgehead atoms. The van der Waals surface area contributed by atoms with Gasteiger partial charge in [-0.15, -0.1) is 0 Å². The Balaban J connectivity index is 1.77. The predicted octanol–water partition coefficient (Wildman–Crippen LogP) is 3.49. The monoisotopic (exact) mass is 291 g/mol. The summed E-state index contributed by atoms with van der Waals surface area (Å²) in [5.41, 5.74) is 0.705. The van der Waals surface area contributed by atoms with Crippen molar-refractivity contribution in [1.82, 2.24) is 10.3 Å². The first-order chi connectivity index (χ1) is 9.94. The van der Waals surface area contributed by atoms with E-state index < -0.39 is 0 Å². The third-order valence-corrected chi connectivity index (χ3v) is 4.17. The lowest BCUT2D eigenvalue weighted by molar-refractivity contribution is 0.418. The van der Waals surface area contributed by atoms with Crippen LogP contribution in [0.5, 0.6) is 0 Å². The molecular weight excluding hydrogens is 265 g/mol. The fraction of sp³-hybridized carbons (Fsp3) is 0.706. The number of aromatic nitrogens is 1. The molecule has 116 valence electrons. The van der Waals surface area contributed by atoms with Gasteiger partial charge in [0.1, 0.15) is 0 Å². The Kier molecular flexibility index (Phi) is 3.91. The second-order valence-electron chi connectivity index (χ2n) is 7.54. The molecule has 0 radical (unpaired) electrons. The smallest absolute Gasteiger partial charge is 0.170 e. The number of rotatable bonds is 6. The molecule has 4 heteroatoms. The Morgan fingerprint density at radius 1 is 1.29 bits per heavy atom. The van der Waals surface area contributed by atoms with Gasteiger partial charge >= 0.3 is 0 Å². The van der Waals surface area contributed by atoms with Crippen molar-refractivity contribution in [1.29, 1.82) is 0 Å². The van der Waals surface area contributed by atoms with E-state index in [-0.39, 0.29) is 11.4 Å². The van der Waals surface area contributed by atoms with E-state index in [1.807, 2.05) is 0 Å². The van der Waals surface area contributed by atoms with Crippen molar-refractivity contribution in [2.45, 2.75) is 64.6 Å². The van der Waals surface area contributed by atoms with Gasteiger partial charge in [0.25, 0.3) is 0 Å². The molecule has 0 amide bonds. The molecule has 0 unspecified atom stereocenters. The number of hydrogen-bond donors (Lipinski definition) is 1. The van der Waals surface area contributed by atoms with Gasteiger partial charge in [-0.1, -0.05) is 0 Å². The van der Waals surface area contributed by atoms with E-state index >= 15 is 0 Å². The van der Waals surface area contributed by atoms with Crippen molar-refractivity contribution >= 4 is 5.82 Å². The summed E-state index contributed by atoms with van der Waals surface area (Å²) < 4.78 is 14.8. The molecule has 0 aromatic carbocycles. The molecule has 0 spiro atoms. The highest BCUT2D eigenvalue weighted by Gasteiger charge is 2.36. The van der Waals surface area contributed by atoms with E-state index in [4.69, 9.17) is 0 Å². The first kappa shape index (κ1) is 14.8. The highest BCUT2D eigenvalue weighted by molar-refractivity contribution is 5.46. The molecule has 0 aliphatic heterocycles. The minimum Gasteiger partial charge on any atom is -0.351 e. The van der Waals surface area contributed by atoms with Crippen LogP contribution in [0.4, 0.5) is 10.2 Å². The number of anilines is 1. The van der Waals surface area contributed by atoms with Crippen LogP contribution in [0.25, 0.3) is 0 Å². The minimum atomic E-state index is -0.137. The summed E-state index contributed by atoms with van der Waals surface area (Å²) in [6.07, 6.45) is 6.68. The van der Waals surface area contributed by atoms with E-state index in [9.17, 15) is 4.39 Å². The van der Waals surface area contributed by atoms with E-state index in [1.54, 1.807) is 12.3 Å². The molecule has 3 nitrogen and oxygen atoms in total. The van der Waals surface area contributed by atoms with E-state index in [2.05, 4.69) is 36.0 Å². The standard InChI is InChI=1S/C17H26FN3/c1-17(2,3)20-10-13-8-9-19-16(15(13)18)21(14-6-7-14)11-12-4-5-12/h8-9,12,14,20H,4-7,10-11H2,1-3H3. The maximum atomic E-state index is 14.8. The van der Waals surface area contributed by atoms with Gasteiger partial charge in [0, 0.05) is 36.4 Å². The van der Waals surface area contributed by atoms with Gasteiger partial charge in [0.2, 0.25) is 0 Å². The number of nitrogens with zero attached hydrogens (tertiary/aromatic N) is 2. The van der Waals surface area contributed by atoms with Crippen LogP contribution >= 0.6 is 0 Å². The summed E-state index contributed by atoms with van der Waals surface area (Å²) in [4.78, 5) is 6.56. The maximum Gasteiger partial charge on any atom is 0.170 e. The zero-order chi connectivity index (χ0) is 15.0. The molecule has 2 aliphatic carbocycles. The number of hydrogen-bond acceptors (Lipinski definition) is 3. The van der Waals surface area contributed by atoms with Crippen molar-refractivity contribution in [3.63, 3.8) is 0 Å². The Morgan fingerprint density at radius 2 is 2.00 bits per heavy atom. The molecule has 1 heterocycles. The lowest BCUT2D eigenvalue weighted by Crippen LogP contribution is -2.35. The molecule has 0 atom stereocenters. The molecule has 2 fully saturated rings. The lowest BCUT2D eigenvalue weighted by Gasteiger charge is -2.25. The molecule has 0 saturated heterocycles. The topological polar surface area (TPSA) is 28.2 Å². The van der Waals surface area contributed by atoms with Gasteiger partial charge in [0.15, 0.2) is 11.6 Å². The van der Waals surface area contributed by atoms with Crippen molar-refractivity contribution in [2.24, 2.45) is 5.92 Å². The number of pyridine rings is 1. The molecule has 1 aromatic heterocycles. The van der Waals surface area contributed by atoms with Crippen LogP contribution in [0, 0.1) is 11.7 Å². The normalized spacial score (nSPS) is 18.9. The van der Waals surface area contributed by atoms with Crippen LogP contribution < -0.4 is 10.2 Å².